The molecule has 0 radical (unpaired) electrons. The third-order valence-corrected chi connectivity index (χ3v) is 0.986. The minimum absolute atomic E-state index is 0.0231. The van der Waals surface area contributed by atoms with Gasteiger partial charge in [-0.15, -0.1) is 0 Å². The fraction of sp³-hybridized carbons (Fsp3) is 0.600. The van der Waals surface area contributed by atoms with Gasteiger partial charge in [-0.2, -0.15) is 0 Å². The van der Waals surface area contributed by atoms with Crippen LogP contribution in [0, 0.1) is 0 Å². The van der Waals surface area contributed by atoms with Gasteiger partial charge in [0, 0.05) is 6.42 Å². The first-order valence-corrected chi connectivity index (χ1v) is 2.74. The number of rotatable bonds is 4. The van der Waals surface area contributed by atoms with E-state index in [-0.39, 0.29) is 12.8 Å². The molecule has 4 N–H and O–H groups in total. The monoisotopic (exact) mass is 148 g/mol. The van der Waals surface area contributed by atoms with Crippen LogP contribution in [0.5, 0.6) is 0 Å². The van der Waals surface area contributed by atoms with Gasteiger partial charge in [-0.05, 0) is 6.42 Å². The summed E-state index contributed by atoms with van der Waals surface area (Å²) in [6, 6.07) is -1.06. The highest BCUT2D eigenvalue weighted by Gasteiger charge is 2.12. The van der Waals surface area contributed by atoms with Crippen LogP contribution in [0.4, 0.5) is 0 Å². The van der Waals surface area contributed by atoms with E-state index in [1.807, 2.05) is 0 Å². The maximum absolute atomic E-state index is 9.99. The van der Waals surface area contributed by atoms with Gasteiger partial charge in [0.05, 0.1) is 0 Å². The summed E-state index contributed by atoms with van der Waals surface area (Å²) in [7, 11) is 0. The molecular weight excluding hydrogens is 139 g/mol. The molecule has 0 aromatic rings. The molecule has 0 aliphatic heterocycles. The van der Waals surface area contributed by atoms with E-state index >= 15 is 0 Å². The van der Waals surface area contributed by atoms with Gasteiger partial charge in [0.15, 0.2) is 0 Å². The summed E-state index contributed by atoms with van der Waals surface area (Å²) in [5.74, 6) is -2.20. The van der Waals surface area contributed by atoms with Crippen molar-refractivity contribution in [2.75, 3.05) is 0 Å². The van der Waals surface area contributed by atoms with Crippen molar-refractivity contribution in [3.05, 3.63) is 0 Å². The highest BCUT2D eigenvalue weighted by Crippen LogP contribution is 1.93. The molecule has 58 valence electrons. The van der Waals surface area contributed by atoms with Crippen molar-refractivity contribution in [2.24, 2.45) is 5.73 Å². The highest BCUT2D eigenvalue weighted by atomic mass is 16.5. The van der Waals surface area contributed by atoms with Crippen LogP contribution in [0.25, 0.3) is 0 Å². The average Bonchev–Trinajstić information content (AvgIpc) is 1.82. The Hall–Kier alpha value is -1.10. The molecule has 0 saturated heterocycles. The highest BCUT2D eigenvalue weighted by molar-refractivity contribution is 5.74. The summed E-state index contributed by atoms with van der Waals surface area (Å²) < 4.78 is 0. The van der Waals surface area contributed by atoms with E-state index in [2.05, 4.69) is 0 Å². The molecule has 0 rings (SSSR count). The van der Waals surface area contributed by atoms with Gasteiger partial charge in [0.1, 0.15) is 6.04 Å². The van der Waals surface area contributed by atoms with Crippen LogP contribution in [-0.4, -0.2) is 28.2 Å². The van der Waals surface area contributed by atoms with E-state index in [0.717, 1.165) is 0 Å². The van der Waals surface area contributed by atoms with E-state index in [4.69, 9.17) is 15.9 Å². The first-order valence-electron chi connectivity index (χ1n) is 2.74. The van der Waals surface area contributed by atoms with Crippen LogP contribution in [0.3, 0.4) is 0 Å². The van der Waals surface area contributed by atoms with Crippen LogP contribution in [0.1, 0.15) is 12.8 Å². The molecule has 0 aromatic heterocycles. The van der Waals surface area contributed by atoms with Crippen LogP contribution < -0.4 is 5.73 Å². The Balaban J connectivity index is 3.49. The minimum Gasteiger partial charge on any atom is -0.481 e. The van der Waals surface area contributed by atoms with Crippen molar-refractivity contribution in [3.63, 3.8) is 0 Å². The Labute approximate surface area is 57.5 Å². The quantitative estimate of drug-likeness (QED) is 0.456. The molecule has 0 aromatic carbocycles. The SMILES string of the molecule is N[C@@H](CC[13C](=O)O)C(=O)O. The standard InChI is InChI=1S/C5H9NO4/c6-3(5(9)10)1-2-4(7)8/h3H,1-2,6H2,(H,7,8)(H,9,10)/t3-/m0/s1/i4+1. The zero-order valence-corrected chi connectivity index (χ0v) is 5.28. The Morgan fingerprint density at radius 3 is 2.20 bits per heavy atom. The van der Waals surface area contributed by atoms with Crippen molar-refractivity contribution in [1.29, 1.82) is 0 Å². The molecule has 0 heterocycles. The van der Waals surface area contributed by atoms with Crippen LogP contribution in [-0.2, 0) is 9.59 Å². The summed E-state index contributed by atoms with van der Waals surface area (Å²) >= 11 is 0. The number of hydrogen-bond donors (Lipinski definition) is 3. The molecule has 0 saturated carbocycles. The van der Waals surface area contributed by atoms with Crippen molar-refractivity contribution < 1.29 is 19.8 Å². The zero-order chi connectivity index (χ0) is 8.15. The minimum atomic E-state index is -1.17. The molecule has 0 spiro atoms. The molecule has 0 unspecified atom stereocenters. The fourth-order valence-corrected chi connectivity index (χ4v) is 0.402. The van der Waals surface area contributed by atoms with E-state index in [0.29, 0.717) is 0 Å². The lowest BCUT2D eigenvalue weighted by Crippen LogP contribution is -2.30. The van der Waals surface area contributed by atoms with Crippen LogP contribution in [0.2, 0.25) is 0 Å². The number of nitrogens with two attached hydrogens (primary N) is 1. The normalized spacial score (nSPS) is 12.5. The van der Waals surface area contributed by atoms with Crippen LogP contribution in [0.15, 0.2) is 0 Å². The summed E-state index contributed by atoms with van der Waals surface area (Å²) in [4.78, 5) is 19.9. The van der Waals surface area contributed by atoms with Crippen molar-refractivity contribution in [2.45, 2.75) is 18.9 Å². The second kappa shape index (κ2) is 3.84. The van der Waals surface area contributed by atoms with E-state index < -0.39 is 18.0 Å². The Kier molecular flexibility index (Phi) is 3.42. The van der Waals surface area contributed by atoms with Crippen molar-refractivity contribution in [3.8, 4) is 0 Å². The molecule has 1 atom stereocenters. The number of aliphatic carboxylic acids is 2. The molecule has 0 amide bonds. The summed E-state index contributed by atoms with van der Waals surface area (Å²) in [5.41, 5.74) is 5.00. The average molecular weight is 148 g/mol. The van der Waals surface area contributed by atoms with Crippen molar-refractivity contribution >= 4 is 11.9 Å². The summed E-state index contributed by atoms with van der Waals surface area (Å²) in [6.45, 7) is 0. The second-order valence-corrected chi connectivity index (χ2v) is 1.88. The molecule has 10 heavy (non-hydrogen) atoms. The van der Waals surface area contributed by atoms with E-state index in [1.54, 1.807) is 0 Å². The molecule has 0 aliphatic carbocycles. The Morgan fingerprint density at radius 1 is 1.40 bits per heavy atom. The Bertz CT molecular complexity index is 145. The first-order chi connectivity index (χ1) is 4.54. The van der Waals surface area contributed by atoms with Gasteiger partial charge in [0.2, 0.25) is 0 Å². The third-order valence-electron chi connectivity index (χ3n) is 0.986. The van der Waals surface area contributed by atoms with Gasteiger partial charge in [-0.3, -0.25) is 9.59 Å². The number of carboxylic acids is 2. The predicted molar refractivity (Wildman–Crippen MR) is 32.5 cm³/mol. The number of carbonyl (C=O) groups is 2. The molecule has 5 nitrogen and oxygen atoms in total. The lowest BCUT2D eigenvalue weighted by molar-refractivity contribution is -0.139. The number of carboxylic acid groups (broad SMARTS) is 2. The van der Waals surface area contributed by atoms with E-state index in [9.17, 15) is 9.59 Å². The van der Waals surface area contributed by atoms with Crippen molar-refractivity contribution in [1.82, 2.24) is 0 Å². The molecule has 0 fully saturated rings. The van der Waals surface area contributed by atoms with Gasteiger partial charge in [0.25, 0.3) is 0 Å². The lowest BCUT2D eigenvalue weighted by atomic mass is 10.2. The van der Waals surface area contributed by atoms with Gasteiger partial charge in [-0.25, -0.2) is 0 Å². The van der Waals surface area contributed by atoms with Gasteiger partial charge in [-0.1, -0.05) is 0 Å². The zero-order valence-electron chi connectivity index (χ0n) is 5.28. The molecular formula is C5H9NO4. The first kappa shape index (κ1) is 8.90. The molecule has 5 heteroatoms. The molecule has 0 bridgehead atoms. The predicted octanol–water partition coefficient (Wildman–Crippen LogP) is -0.737. The van der Waals surface area contributed by atoms with Crippen LogP contribution >= 0.6 is 0 Å². The summed E-state index contributed by atoms with van der Waals surface area (Å²) in [6.07, 6.45) is -0.224. The lowest BCUT2D eigenvalue weighted by Gasteiger charge is -2.01. The fourth-order valence-electron chi connectivity index (χ4n) is 0.402. The maximum Gasteiger partial charge on any atom is 0.320 e. The van der Waals surface area contributed by atoms with Gasteiger partial charge < -0.3 is 15.9 Å². The largest absolute Gasteiger partial charge is 0.481 e. The van der Waals surface area contributed by atoms with Gasteiger partial charge >= 0.3 is 11.9 Å². The number of hydrogen-bond acceptors (Lipinski definition) is 3. The topological polar surface area (TPSA) is 101 Å². The summed E-state index contributed by atoms with van der Waals surface area (Å²) in [5, 5.41) is 16.3. The molecule has 0 aliphatic rings. The van der Waals surface area contributed by atoms with E-state index in [1.165, 1.54) is 0 Å². The third kappa shape index (κ3) is 3.85. The Morgan fingerprint density at radius 2 is 1.90 bits per heavy atom. The second-order valence-electron chi connectivity index (χ2n) is 1.88. The maximum atomic E-state index is 9.99. The smallest absolute Gasteiger partial charge is 0.320 e.